The predicted molar refractivity (Wildman–Crippen MR) is 54.6 cm³/mol. The van der Waals surface area contributed by atoms with Gasteiger partial charge in [0.25, 0.3) is 0 Å². The fourth-order valence-electron chi connectivity index (χ4n) is 0.586. The second-order valence-corrected chi connectivity index (χ2v) is 3.37. The summed E-state index contributed by atoms with van der Waals surface area (Å²) in [7, 11) is -3.22. The van der Waals surface area contributed by atoms with E-state index in [2.05, 4.69) is 0 Å². The minimum Gasteiger partial charge on any atom is -0.412 e. The Bertz CT molecular complexity index is 119. The molecule has 0 aromatic heterocycles. The van der Waals surface area contributed by atoms with Crippen molar-refractivity contribution >= 4 is 30.9 Å². The zero-order valence-corrected chi connectivity index (χ0v) is 8.60. The van der Waals surface area contributed by atoms with Crippen LogP contribution >= 0.6 is 7.82 Å². The monoisotopic (exact) mass is 226 g/mol. The molecule has 0 unspecified atom stereocenters. The Kier molecular flexibility index (Phi) is 16.3. The van der Waals surface area contributed by atoms with Gasteiger partial charge in [0.15, 0.2) is 0 Å². The summed E-state index contributed by atoms with van der Waals surface area (Å²) in [6.07, 6.45) is 0. The van der Waals surface area contributed by atoms with Crippen LogP contribution in [-0.2, 0) is 18.1 Å². The van der Waals surface area contributed by atoms with Gasteiger partial charge in [-0.25, -0.2) is 4.57 Å². The standard InChI is InChI=1S/C6H15O4P.Mg.H2O.2H/c1-4-8-11(7,9-5-2)10-6-3;;;;/h4-6H2,1-3H3;;1H2;;. The van der Waals surface area contributed by atoms with Crippen LogP contribution in [0, 0.1) is 0 Å². The van der Waals surface area contributed by atoms with Gasteiger partial charge < -0.3 is 5.48 Å². The fraction of sp³-hybridized carbons (Fsp3) is 1.00. The number of phosphoric acid groups is 1. The lowest BCUT2D eigenvalue weighted by Crippen LogP contribution is -1.99. The Labute approximate surface area is 95.2 Å². The first-order valence-corrected chi connectivity index (χ1v) is 5.18. The van der Waals surface area contributed by atoms with Crippen molar-refractivity contribution in [2.75, 3.05) is 19.8 Å². The quantitative estimate of drug-likeness (QED) is 0.487. The van der Waals surface area contributed by atoms with Gasteiger partial charge >= 0.3 is 30.9 Å². The normalized spacial score (nSPS) is 10.1. The van der Waals surface area contributed by atoms with Gasteiger partial charge in [-0.2, -0.15) is 0 Å². The fourth-order valence-corrected chi connectivity index (χ4v) is 1.76. The number of hydrogen-bond donors (Lipinski definition) is 0. The van der Waals surface area contributed by atoms with Crippen LogP contribution in [0.15, 0.2) is 0 Å². The maximum absolute atomic E-state index is 11.3. The highest BCUT2D eigenvalue weighted by molar-refractivity contribution is 7.48. The smallest absolute Gasteiger partial charge is 0.412 e. The molecule has 0 saturated carbocycles. The molecule has 0 fully saturated rings. The molecule has 0 aliphatic carbocycles. The van der Waals surface area contributed by atoms with E-state index >= 15 is 0 Å². The van der Waals surface area contributed by atoms with E-state index in [0.717, 1.165) is 0 Å². The number of rotatable bonds is 6. The maximum atomic E-state index is 11.3. The summed E-state index contributed by atoms with van der Waals surface area (Å²) in [5, 5.41) is 0. The first-order chi connectivity index (χ1) is 5.18. The molecule has 2 N–H and O–H groups in total. The van der Waals surface area contributed by atoms with Gasteiger partial charge in [0, 0.05) is 0 Å². The highest BCUT2D eigenvalue weighted by atomic mass is 31.2. The zero-order chi connectivity index (χ0) is 8.74. The van der Waals surface area contributed by atoms with Crippen LogP contribution in [-0.4, -0.2) is 48.3 Å². The minimum absolute atomic E-state index is 0. The molecule has 0 radical (unpaired) electrons. The molecule has 0 heterocycles. The van der Waals surface area contributed by atoms with Crippen molar-refractivity contribution in [2.24, 2.45) is 0 Å². The molecule has 80 valence electrons. The van der Waals surface area contributed by atoms with Crippen LogP contribution in [0.1, 0.15) is 20.8 Å². The van der Waals surface area contributed by atoms with Gasteiger partial charge in [-0.3, -0.25) is 13.6 Å². The van der Waals surface area contributed by atoms with Crippen LogP contribution in [0.4, 0.5) is 0 Å². The summed E-state index contributed by atoms with van der Waals surface area (Å²) in [4.78, 5) is 0. The molecule has 0 aliphatic rings. The lowest BCUT2D eigenvalue weighted by atomic mass is 10.9. The van der Waals surface area contributed by atoms with Crippen molar-refractivity contribution in [1.29, 1.82) is 0 Å². The van der Waals surface area contributed by atoms with Crippen molar-refractivity contribution in [3.8, 4) is 0 Å². The van der Waals surface area contributed by atoms with Crippen molar-refractivity contribution in [3.05, 3.63) is 0 Å². The second-order valence-electron chi connectivity index (χ2n) is 1.70. The van der Waals surface area contributed by atoms with E-state index in [-0.39, 0.29) is 28.5 Å². The molecule has 13 heavy (non-hydrogen) atoms. The number of phosphoric ester groups is 1. The van der Waals surface area contributed by atoms with Gasteiger partial charge in [-0.15, -0.1) is 0 Å². The molecule has 0 aromatic carbocycles. The van der Waals surface area contributed by atoms with Crippen LogP contribution < -0.4 is 0 Å². The molecule has 0 bridgehead atoms. The number of hydrogen-bond acceptors (Lipinski definition) is 4. The average Bonchev–Trinajstić information content (AvgIpc) is 1.88. The Hall–Kier alpha value is 0.836. The van der Waals surface area contributed by atoms with Crippen LogP contribution in [0.3, 0.4) is 0 Å². The lowest BCUT2D eigenvalue weighted by molar-refractivity contribution is 0.126. The van der Waals surface area contributed by atoms with Crippen LogP contribution in [0.25, 0.3) is 0 Å². The third-order valence-electron chi connectivity index (χ3n) is 0.862. The van der Waals surface area contributed by atoms with Crippen molar-refractivity contribution < 1.29 is 23.6 Å². The van der Waals surface area contributed by atoms with Gasteiger partial charge in [0.05, 0.1) is 19.8 Å². The summed E-state index contributed by atoms with van der Waals surface area (Å²) in [6.45, 7) is 6.21. The molecule has 0 aliphatic heterocycles. The summed E-state index contributed by atoms with van der Waals surface area (Å²) in [5.74, 6) is 0. The van der Waals surface area contributed by atoms with Crippen molar-refractivity contribution in [3.63, 3.8) is 0 Å². The first-order valence-electron chi connectivity index (χ1n) is 3.72. The summed E-state index contributed by atoms with van der Waals surface area (Å²) in [5.41, 5.74) is 0. The maximum Gasteiger partial charge on any atom is 0.474 e. The van der Waals surface area contributed by atoms with Crippen molar-refractivity contribution in [1.82, 2.24) is 0 Å². The third kappa shape index (κ3) is 9.15. The summed E-state index contributed by atoms with van der Waals surface area (Å²) >= 11 is 0. The van der Waals surface area contributed by atoms with Gasteiger partial charge in [0.1, 0.15) is 0 Å². The molecule has 0 spiro atoms. The van der Waals surface area contributed by atoms with E-state index in [4.69, 9.17) is 13.6 Å². The van der Waals surface area contributed by atoms with Gasteiger partial charge in [-0.05, 0) is 20.8 Å². The molecule has 0 amide bonds. The molecular formula is C6H19MgO5P. The molecular weight excluding hydrogens is 207 g/mol. The molecule has 0 rings (SSSR count). The van der Waals surface area contributed by atoms with E-state index in [9.17, 15) is 4.57 Å². The van der Waals surface area contributed by atoms with Gasteiger partial charge in [0.2, 0.25) is 0 Å². The molecule has 7 heteroatoms. The minimum atomic E-state index is -3.22. The van der Waals surface area contributed by atoms with Crippen LogP contribution in [0.5, 0.6) is 0 Å². The molecule has 0 atom stereocenters. The summed E-state index contributed by atoms with van der Waals surface area (Å²) in [6, 6.07) is 0. The third-order valence-corrected chi connectivity index (χ3v) is 2.58. The first kappa shape index (κ1) is 19.4. The van der Waals surface area contributed by atoms with E-state index in [1.165, 1.54) is 0 Å². The Morgan fingerprint density at radius 3 is 1.31 bits per heavy atom. The zero-order valence-electron chi connectivity index (χ0n) is 7.70. The molecule has 0 saturated heterocycles. The van der Waals surface area contributed by atoms with E-state index < -0.39 is 7.82 Å². The average molecular weight is 226 g/mol. The van der Waals surface area contributed by atoms with Crippen molar-refractivity contribution in [2.45, 2.75) is 20.8 Å². The highest BCUT2D eigenvalue weighted by Gasteiger charge is 2.23. The molecule has 5 nitrogen and oxygen atoms in total. The summed E-state index contributed by atoms with van der Waals surface area (Å²) < 4.78 is 25.8. The highest BCUT2D eigenvalue weighted by Crippen LogP contribution is 2.48. The lowest BCUT2D eigenvalue weighted by Gasteiger charge is -2.14. The second kappa shape index (κ2) is 10.9. The van der Waals surface area contributed by atoms with Crippen LogP contribution in [0.2, 0.25) is 0 Å². The van der Waals surface area contributed by atoms with E-state index in [1.807, 2.05) is 0 Å². The van der Waals surface area contributed by atoms with E-state index in [1.54, 1.807) is 20.8 Å². The van der Waals surface area contributed by atoms with E-state index in [0.29, 0.717) is 19.8 Å². The topological polar surface area (TPSA) is 76.3 Å². The Morgan fingerprint density at radius 1 is 0.923 bits per heavy atom. The molecule has 0 aromatic rings. The Morgan fingerprint density at radius 2 is 1.15 bits per heavy atom. The predicted octanol–water partition coefficient (Wildman–Crippen LogP) is 0.463. The van der Waals surface area contributed by atoms with Gasteiger partial charge in [-0.1, -0.05) is 0 Å². The SMILES string of the molecule is CCOP(=O)(OCC)OCC.O.[MgH2]. The Balaban J connectivity index is -0.000000500. The largest absolute Gasteiger partial charge is 0.474 e.